The van der Waals surface area contributed by atoms with Crippen molar-refractivity contribution in [2.45, 2.75) is 11.8 Å². The molecule has 0 radical (unpaired) electrons. The number of benzene rings is 2. The number of carbonyl (C=O) groups excluding carboxylic acids is 1. The molecule has 0 aliphatic rings. The fourth-order valence-electron chi connectivity index (χ4n) is 2.39. The number of amides is 1. The first kappa shape index (κ1) is 19.6. The van der Waals surface area contributed by atoms with Crippen LogP contribution in [-0.4, -0.2) is 33.0 Å². The number of carbonyl (C=O) groups is 1. The lowest BCUT2D eigenvalue weighted by atomic mass is 10.3. The van der Waals surface area contributed by atoms with Crippen LogP contribution >= 0.6 is 11.8 Å². The van der Waals surface area contributed by atoms with Gasteiger partial charge in [-0.2, -0.15) is 0 Å². The van der Waals surface area contributed by atoms with Crippen LogP contribution in [0.3, 0.4) is 0 Å². The maximum absolute atomic E-state index is 13.8. The molecule has 0 saturated heterocycles. The van der Waals surface area contributed by atoms with Crippen molar-refractivity contribution in [3.8, 4) is 11.4 Å². The van der Waals surface area contributed by atoms with Gasteiger partial charge in [0.2, 0.25) is 5.91 Å². The second kappa shape index (κ2) is 9.70. The molecule has 28 heavy (non-hydrogen) atoms. The van der Waals surface area contributed by atoms with Gasteiger partial charge in [0.1, 0.15) is 6.61 Å². The fourth-order valence-corrected chi connectivity index (χ4v) is 3.20. The van der Waals surface area contributed by atoms with Crippen LogP contribution in [0.4, 0.5) is 4.39 Å². The van der Waals surface area contributed by atoms with Crippen molar-refractivity contribution in [1.29, 1.82) is 0 Å². The van der Waals surface area contributed by atoms with Gasteiger partial charge in [-0.05, 0) is 24.3 Å². The van der Waals surface area contributed by atoms with Crippen LogP contribution in [0, 0.1) is 5.82 Å². The van der Waals surface area contributed by atoms with E-state index < -0.39 is 5.82 Å². The molecule has 1 N–H and O–H groups in total. The topological polar surface area (TPSA) is 69.0 Å². The van der Waals surface area contributed by atoms with Crippen LogP contribution in [0.25, 0.3) is 5.69 Å². The van der Waals surface area contributed by atoms with Crippen LogP contribution in [0.5, 0.6) is 5.75 Å². The lowest BCUT2D eigenvalue weighted by Crippen LogP contribution is -2.25. The SMILES string of the molecule is C=CCNC(=O)CSc1nnc(COc2ccccc2F)n1-c1ccccc1. The fraction of sp³-hybridized carbons (Fsp3) is 0.150. The first-order chi connectivity index (χ1) is 13.7. The third-order valence-electron chi connectivity index (χ3n) is 3.68. The van der Waals surface area contributed by atoms with E-state index in [1.54, 1.807) is 28.8 Å². The van der Waals surface area contributed by atoms with Gasteiger partial charge in [0, 0.05) is 12.2 Å². The van der Waals surface area contributed by atoms with Gasteiger partial charge in [-0.1, -0.05) is 48.2 Å². The number of nitrogens with zero attached hydrogens (tertiary/aromatic N) is 3. The monoisotopic (exact) mass is 398 g/mol. The van der Waals surface area contributed by atoms with Gasteiger partial charge in [0.15, 0.2) is 22.5 Å². The summed E-state index contributed by atoms with van der Waals surface area (Å²) < 4.78 is 21.2. The maximum atomic E-state index is 13.8. The highest BCUT2D eigenvalue weighted by Gasteiger charge is 2.16. The van der Waals surface area contributed by atoms with Crippen LogP contribution in [0.2, 0.25) is 0 Å². The van der Waals surface area contributed by atoms with Crippen LogP contribution in [-0.2, 0) is 11.4 Å². The van der Waals surface area contributed by atoms with Gasteiger partial charge in [0.05, 0.1) is 5.75 Å². The molecule has 0 aliphatic carbocycles. The van der Waals surface area contributed by atoms with Crippen molar-refractivity contribution in [1.82, 2.24) is 20.1 Å². The van der Waals surface area contributed by atoms with Gasteiger partial charge >= 0.3 is 0 Å². The summed E-state index contributed by atoms with van der Waals surface area (Å²) in [5.41, 5.74) is 0.827. The van der Waals surface area contributed by atoms with Crippen LogP contribution in [0.15, 0.2) is 72.4 Å². The Morgan fingerprint density at radius 3 is 2.68 bits per heavy atom. The van der Waals surface area contributed by atoms with E-state index in [1.165, 1.54) is 17.8 Å². The average Bonchev–Trinajstić information content (AvgIpc) is 3.13. The second-order valence-electron chi connectivity index (χ2n) is 5.67. The zero-order valence-electron chi connectivity index (χ0n) is 15.0. The molecule has 8 heteroatoms. The zero-order valence-corrected chi connectivity index (χ0v) is 15.9. The summed E-state index contributed by atoms with van der Waals surface area (Å²) in [5.74, 6) is 0.262. The molecule has 0 spiro atoms. The molecule has 1 amide bonds. The summed E-state index contributed by atoms with van der Waals surface area (Å²) in [7, 11) is 0. The highest BCUT2D eigenvalue weighted by Crippen LogP contribution is 2.23. The molecule has 0 bridgehead atoms. The lowest BCUT2D eigenvalue weighted by Gasteiger charge is -2.11. The van der Waals surface area contributed by atoms with E-state index in [1.807, 2.05) is 30.3 Å². The Kier molecular flexibility index (Phi) is 6.80. The zero-order chi connectivity index (χ0) is 19.8. The average molecular weight is 398 g/mol. The maximum Gasteiger partial charge on any atom is 0.230 e. The molecule has 6 nitrogen and oxygen atoms in total. The molecule has 0 fully saturated rings. The molecule has 0 aliphatic heterocycles. The summed E-state index contributed by atoms with van der Waals surface area (Å²) in [4.78, 5) is 11.9. The first-order valence-corrected chi connectivity index (χ1v) is 9.55. The Morgan fingerprint density at radius 2 is 1.93 bits per heavy atom. The van der Waals surface area contributed by atoms with E-state index in [2.05, 4.69) is 22.1 Å². The standard InChI is InChI=1S/C20H19FN4O2S/c1-2-12-22-19(26)14-28-20-24-23-18(25(20)15-8-4-3-5-9-15)13-27-17-11-7-6-10-16(17)21/h2-11H,1,12-14H2,(H,22,26). The highest BCUT2D eigenvalue weighted by molar-refractivity contribution is 7.99. The molecular formula is C20H19FN4O2S. The van der Waals surface area contributed by atoms with E-state index in [0.717, 1.165) is 5.69 Å². The van der Waals surface area contributed by atoms with Gasteiger partial charge in [-0.15, -0.1) is 16.8 Å². The summed E-state index contributed by atoms with van der Waals surface area (Å²) in [6, 6.07) is 15.7. The van der Waals surface area contributed by atoms with Crippen molar-refractivity contribution < 1.29 is 13.9 Å². The first-order valence-electron chi connectivity index (χ1n) is 8.56. The largest absolute Gasteiger partial charge is 0.483 e. The predicted molar refractivity (Wildman–Crippen MR) is 106 cm³/mol. The molecular weight excluding hydrogens is 379 g/mol. The van der Waals surface area contributed by atoms with Crippen molar-refractivity contribution >= 4 is 17.7 Å². The highest BCUT2D eigenvalue weighted by atomic mass is 32.2. The number of thioether (sulfide) groups is 1. The molecule has 1 aromatic heterocycles. The number of hydrogen-bond acceptors (Lipinski definition) is 5. The number of hydrogen-bond donors (Lipinski definition) is 1. The summed E-state index contributed by atoms with van der Waals surface area (Å²) in [6.07, 6.45) is 1.62. The van der Waals surface area contributed by atoms with E-state index in [-0.39, 0.29) is 24.0 Å². The minimum Gasteiger partial charge on any atom is -0.483 e. The Balaban J connectivity index is 1.80. The summed E-state index contributed by atoms with van der Waals surface area (Å²) in [5, 5.41) is 11.6. The molecule has 0 atom stereocenters. The Bertz CT molecular complexity index is 946. The van der Waals surface area contributed by atoms with Gasteiger partial charge in [0.25, 0.3) is 0 Å². The molecule has 3 aromatic rings. The van der Waals surface area contributed by atoms with E-state index >= 15 is 0 Å². The summed E-state index contributed by atoms with van der Waals surface area (Å²) >= 11 is 1.26. The summed E-state index contributed by atoms with van der Waals surface area (Å²) in [6.45, 7) is 4.01. The Hall–Kier alpha value is -3.13. The second-order valence-corrected chi connectivity index (χ2v) is 6.61. The number of ether oxygens (including phenoxy) is 1. The molecule has 2 aromatic carbocycles. The van der Waals surface area contributed by atoms with Crippen molar-refractivity contribution in [3.05, 3.63) is 78.9 Å². The molecule has 3 rings (SSSR count). The predicted octanol–water partition coefficient (Wildman–Crippen LogP) is 3.38. The van der Waals surface area contributed by atoms with Crippen molar-refractivity contribution in [2.24, 2.45) is 0 Å². The number of halogens is 1. The van der Waals surface area contributed by atoms with E-state index in [0.29, 0.717) is 17.5 Å². The van der Waals surface area contributed by atoms with Crippen LogP contribution < -0.4 is 10.1 Å². The number of aromatic nitrogens is 3. The number of para-hydroxylation sites is 2. The third-order valence-corrected chi connectivity index (χ3v) is 4.61. The van der Waals surface area contributed by atoms with Crippen LogP contribution in [0.1, 0.15) is 5.82 Å². The van der Waals surface area contributed by atoms with Gasteiger partial charge < -0.3 is 10.1 Å². The molecule has 1 heterocycles. The van der Waals surface area contributed by atoms with Gasteiger partial charge in [-0.3, -0.25) is 9.36 Å². The third kappa shape index (κ3) is 4.98. The van der Waals surface area contributed by atoms with Gasteiger partial charge in [-0.25, -0.2) is 4.39 Å². The number of rotatable bonds is 9. The minimum atomic E-state index is -0.443. The number of nitrogens with one attached hydrogen (secondary N) is 1. The quantitative estimate of drug-likeness (QED) is 0.442. The Labute approximate surface area is 166 Å². The molecule has 0 unspecified atom stereocenters. The Morgan fingerprint density at radius 1 is 1.18 bits per heavy atom. The lowest BCUT2D eigenvalue weighted by molar-refractivity contribution is -0.118. The van der Waals surface area contributed by atoms with E-state index in [9.17, 15) is 9.18 Å². The van der Waals surface area contributed by atoms with Crippen molar-refractivity contribution in [3.63, 3.8) is 0 Å². The van der Waals surface area contributed by atoms with E-state index in [4.69, 9.17) is 4.74 Å². The normalized spacial score (nSPS) is 10.5. The smallest absolute Gasteiger partial charge is 0.230 e. The van der Waals surface area contributed by atoms with Crippen molar-refractivity contribution in [2.75, 3.05) is 12.3 Å². The minimum absolute atomic E-state index is 0.0338. The molecule has 0 saturated carbocycles. The molecule has 144 valence electrons.